The Hall–Kier alpha value is -0.840. The summed E-state index contributed by atoms with van der Waals surface area (Å²) in [6, 6.07) is 0.0819. The molecule has 5 heteroatoms. The molecule has 1 heterocycles. The Balaban J connectivity index is 1.69. The van der Waals surface area contributed by atoms with Gasteiger partial charge in [0.2, 0.25) is 0 Å². The Labute approximate surface area is 128 Å². The summed E-state index contributed by atoms with van der Waals surface area (Å²) in [5, 5.41) is 7.67. The van der Waals surface area contributed by atoms with Crippen molar-refractivity contribution in [2.24, 2.45) is 17.8 Å². The summed E-state index contributed by atoms with van der Waals surface area (Å²) in [5.74, 6) is 2.63. The van der Waals surface area contributed by atoms with Crippen molar-refractivity contribution < 1.29 is 0 Å². The summed E-state index contributed by atoms with van der Waals surface area (Å²) >= 11 is 3.41. The topological polar surface area (TPSA) is 46.9 Å². The van der Waals surface area contributed by atoms with Gasteiger partial charge in [0.25, 0.3) is 5.56 Å². The molecule has 0 aromatic carbocycles. The fraction of sp³-hybridized carbons (Fsp3) is 0.733. The minimum Gasteiger partial charge on any atom is -0.382 e. The molecule has 3 atom stereocenters. The van der Waals surface area contributed by atoms with Crippen molar-refractivity contribution in [1.82, 2.24) is 9.78 Å². The number of anilines is 1. The van der Waals surface area contributed by atoms with Gasteiger partial charge in [-0.2, -0.15) is 5.10 Å². The van der Waals surface area contributed by atoms with E-state index in [4.69, 9.17) is 0 Å². The predicted molar refractivity (Wildman–Crippen MR) is 84.0 cm³/mol. The lowest BCUT2D eigenvalue weighted by atomic mass is 9.89. The van der Waals surface area contributed by atoms with Crippen molar-refractivity contribution in [3.05, 3.63) is 21.0 Å². The Kier molecular flexibility index (Phi) is 3.89. The molecule has 0 amide bonds. The number of nitrogens with one attached hydrogen (secondary N) is 1. The zero-order valence-electron chi connectivity index (χ0n) is 12.1. The molecule has 0 radical (unpaired) electrons. The smallest absolute Gasteiger partial charge is 0.283 e. The second kappa shape index (κ2) is 5.51. The number of fused-ring (bicyclic) bond motifs is 2. The molecule has 1 aromatic heterocycles. The van der Waals surface area contributed by atoms with Crippen LogP contribution in [0, 0.1) is 17.8 Å². The van der Waals surface area contributed by atoms with Crippen LogP contribution in [0.4, 0.5) is 5.69 Å². The molecule has 0 saturated heterocycles. The van der Waals surface area contributed by atoms with Crippen LogP contribution in [0.1, 0.15) is 45.6 Å². The van der Waals surface area contributed by atoms with Gasteiger partial charge in [-0.25, -0.2) is 4.68 Å². The van der Waals surface area contributed by atoms with E-state index in [-0.39, 0.29) is 11.6 Å². The normalized spacial score (nSPS) is 28.3. The van der Waals surface area contributed by atoms with Crippen LogP contribution in [-0.2, 0) is 0 Å². The zero-order chi connectivity index (χ0) is 14.3. The minimum atomic E-state index is -0.0575. The monoisotopic (exact) mass is 339 g/mol. The standard InChI is InChI=1S/C15H22BrN3O/c1-9(2)19-15(20)14(16)13(8-18-19)17-7-12-6-10-3-4-11(12)5-10/h8-12,17H,3-7H2,1-2H3. The molecule has 2 aliphatic carbocycles. The third-order valence-corrected chi connectivity index (χ3v) is 5.64. The van der Waals surface area contributed by atoms with Crippen LogP contribution < -0.4 is 10.9 Å². The molecule has 2 aliphatic rings. The van der Waals surface area contributed by atoms with E-state index in [9.17, 15) is 4.79 Å². The molecule has 2 bridgehead atoms. The van der Waals surface area contributed by atoms with Crippen LogP contribution in [0.3, 0.4) is 0 Å². The van der Waals surface area contributed by atoms with Gasteiger partial charge in [-0.05, 0) is 66.8 Å². The lowest BCUT2D eigenvalue weighted by Gasteiger charge is -2.22. The third kappa shape index (κ3) is 2.52. The van der Waals surface area contributed by atoms with Crippen molar-refractivity contribution in [3.63, 3.8) is 0 Å². The summed E-state index contributed by atoms with van der Waals surface area (Å²) in [6.45, 7) is 4.89. The van der Waals surface area contributed by atoms with E-state index in [0.717, 1.165) is 30.0 Å². The second-order valence-corrected chi connectivity index (χ2v) is 7.32. The molecule has 4 nitrogen and oxygen atoms in total. The van der Waals surface area contributed by atoms with Crippen LogP contribution in [0.25, 0.3) is 0 Å². The van der Waals surface area contributed by atoms with Crippen molar-refractivity contribution in [2.45, 2.75) is 45.6 Å². The van der Waals surface area contributed by atoms with Crippen molar-refractivity contribution in [2.75, 3.05) is 11.9 Å². The van der Waals surface area contributed by atoms with E-state index < -0.39 is 0 Å². The maximum Gasteiger partial charge on any atom is 0.283 e. The highest BCUT2D eigenvalue weighted by Gasteiger charge is 2.39. The average molecular weight is 340 g/mol. The lowest BCUT2D eigenvalue weighted by molar-refractivity contribution is 0.348. The molecule has 1 N–H and O–H groups in total. The molecular formula is C15H22BrN3O. The predicted octanol–water partition coefficient (Wildman–Crippen LogP) is 3.43. The van der Waals surface area contributed by atoms with E-state index in [0.29, 0.717) is 4.47 Å². The molecule has 2 fully saturated rings. The summed E-state index contributed by atoms with van der Waals surface area (Å²) in [4.78, 5) is 12.2. The summed E-state index contributed by atoms with van der Waals surface area (Å²) < 4.78 is 2.11. The summed E-state index contributed by atoms with van der Waals surface area (Å²) in [5.41, 5.74) is 0.771. The van der Waals surface area contributed by atoms with Crippen LogP contribution in [0.5, 0.6) is 0 Å². The molecule has 0 aliphatic heterocycles. The van der Waals surface area contributed by atoms with Gasteiger partial charge < -0.3 is 5.32 Å². The Morgan fingerprint density at radius 3 is 2.85 bits per heavy atom. The Bertz CT molecular complexity index is 555. The first-order chi connectivity index (χ1) is 9.56. The van der Waals surface area contributed by atoms with Gasteiger partial charge in [0.15, 0.2) is 0 Å². The van der Waals surface area contributed by atoms with Gasteiger partial charge >= 0.3 is 0 Å². The van der Waals surface area contributed by atoms with Crippen LogP contribution in [0.15, 0.2) is 15.5 Å². The number of halogens is 1. The van der Waals surface area contributed by atoms with Gasteiger partial charge in [-0.15, -0.1) is 0 Å². The van der Waals surface area contributed by atoms with E-state index in [2.05, 4.69) is 26.3 Å². The van der Waals surface area contributed by atoms with Crippen molar-refractivity contribution >= 4 is 21.6 Å². The van der Waals surface area contributed by atoms with Gasteiger partial charge in [0.1, 0.15) is 4.47 Å². The molecule has 20 heavy (non-hydrogen) atoms. The molecule has 3 rings (SSSR count). The lowest BCUT2D eigenvalue weighted by Crippen LogP contribution is -2.27. The second-order valence-electron chi connectivity index (χ2n) is 6.53. The van der Waals surface area contributed by atoms with E-state index in [1.807, 2.05) is 13.8 Å². The average Bonchev–Trinajstić information content (AvgIpc) is 3.02. The summed E-state index contributed by atoms with van der Waals surface area (Å²) in [7, 11) is 0. The molecule has 2 saturated carbocycles. The number of aromatic nitrogens is 2. The van der Waals surface area contributed by atoms with Crippen molar-refractivity contribution in [3.8, 4) is 0 Å². The fourth-order valence-corrected chi connectivity index (χ4v) is 4.23. The third-order valence-electron chi connectivity index (χ3n) is 4.87. The van der Waals surface area contributed by atoms with Crippen LogP contribution in [0.2, 0.25) is 0 Å². The number of rotatable bonds is 4. The van der Waals surface area contributed by atoms with Crippen LogP contribution >= 0.6 is 15.9 Å². The molecule has 1 aromatic rings. The fourth-order valence-electron chi connectivity index (χ4n) is 3.80. The maximum absolute atomic E-state index is 12.2. The Morgan fingerprint density at radius 1 is 1.45 bits per heavy atom. The van der Waals surface area contributed by atoms with Gasteiger partial charge in [-0.3, -0.25) is 4.79 Å². The zero-order valence-corrected chi connectivity index (χ0v) is 13.7. The van der Waals surface area contributed by atoms with Crippen molar-refractivity contribution in [1.29, 1.82) is 0 Å². The van der Waals surface area contributed by atoms with Gasteiger partial charge in [-0.1, -0.05) is 6.42 Å². The molecule has 0 spiro atoms. The highest BCUT2D eigenvalue weighted by Crippen LogP contribution is 2.48. The quantitative estimate of drug-likeness (QED) is 0.913. The number of nitrogens with zero attached hydrogens (tertiary/aromatic N) is 2. The first-order valence-electron chi connectivity index (χ1n) is 7.57. The number of hydrogen-bond acceptors (Lipinski definition) is 3. The SMILES string of the molecule is CC(C)n1ncc(NCC2CC3CCC2C3)c(Br)c1=O. The highest BCUT2D eigenvalue weighted by molar-refractivity contribution is 9.10. The van der Waals surface area contributed by atoms with E-state index in [1.165, 1.54) is 30.4 Å². The highest BCUT2D eigenvalue weighted by atomic mass is 79.9. The molecule has 110 valence electrons. The van der Waals surface area contributed by atoms with Gasteiger partial charge in [0.05, 0.1) is 17.9 Å². The first kappa shape index (κ1) is 14.1. The van der Waals surface area contributed by atoms with Gasteiger partial charge in [0, 0.05) is 6.54 Å². The first-order valence-corrected chi connectivity index (χ1v) is 8.36. The minimum absolute atomic E-state index is 0.0575. The number of hydrogen-bond donors (Lipinski definition) is 1. The molecule has 3 unspecified atom stereocenters. The maximum atomic E-state index is 12.2. The van der Waals surface area contributed by atoms with Crippen LogP contribution in [-0.4, -0.2) is 16.3 Å². The van der Waals surface area contributed by atoms with E-state index >= 15 is 0 Å². The Morgan fingerprint density at radius 2 is 2.25 bits per heavy atom. The summed E-state index contributed by atoms with van der Waals surface area (Å²) in [6.07, 6.45) is 7.35. The van der Waals surface area contributed by atoms with E-state index in [1.54, 1.807) is 6.20 Å². The molecular weight excluding hydrogens is 318 g/mol. The largest absolute Gasteiger partial charge is 0.382 e.